The molecule has 0 spiro atoms. The number of hydrogen-bond acceptors (Lipinski definition) is 4. The molecule has 0 fully saturated rings. The predicted octanol–water partition coefficient (Wildman–Crippen LogP) is 3.27. The van der Waals surface area contributed by atoms with Gasteiger partial charge in [0.2, 0.25) is 0 Å². The molecule has 3 rings (SSSR count). The summed E-state index contributed by atoms with van der Waals surface area (Å²) in [7, 11) is 0. The number of benzene rings is 1. The average Bonchev–Trinajstić information content (AvgIpc) is 2.84. The number of aromatic nitrogens is 2. The smallest absolute Gasteiger partial charge is 0.258 e. The highest BCUT2D eigenvalue weighted by Gasteiger charge is 2.17. The molecule has 3 aromatic rings. The van der Waals surface area contributed by atoms with Gasteiger partial charge in [-0.25, -0.2) is 4.98 Å². The zero-order valence-corrected chi connectivity index (χ0v) is 11.9. The van der Waals surface area contributed by atoms with Gasteiger partial charge in [-0.2, -0.15) is 0 Å². The molecule has 2 aromatic heterocycles. The minimum atomic E-state index is 0.471. The lowest BCUT2D eigenvalue weighted by Gasteiger charge is -2.07. The van der Waals surface area contributed by atoms with Crippen molar-refractivity contribution in [3.8, 4) is 11.3 Å². The Labute approximate surface area is 117 Å². The zero-order chi connectivity index (χ0) is 14.3. The van der Waals surface area contributed by atoms with E-state index in [1.165, 1.54) is 5.56 Å². The number of pyridine rings is 1. The normalized spacial score (nSPS) is 11.2. The Morgan fingerprint density at radius 1 is 1.10 bits per heavy atom. The summed E-state index contributed by atoms with van der Waals surface area (Å²) in [4.78, 5) is 4.46. The van der Waals surface area contributed by atoms with Gasteiger partial charge in [0.1, 0.15) is 5.69 Å². The monoisotopic (exact) mass is 267 g/mol. The highest BCUT2D eigenvalue weighted by molar-refractivity contribution is 5.93. The predicted molar refractivity (Wildman–Crippen MR) is 79.3 cm³/mol. The van der Waals surface area contributed by atoms with Crippen LogP contribution >= 0.6 is 0 Å². The van der Waals surface area contributed by atoms with Crippen LogP contribution in [0.15, 0.2) is 28.8 Å². The van der Waals surface area contributed by atoms with Crippen LogP contribution in [-0.4, -0.2) is 10.1 Å². The number of rotatable bonds is 2. The van der Waals surface area contributed by atoms with Crippen LogP contribution in [0.1, 0.15) is 22.4 Å². The van der Waals surface area contributed by atoms with E-state index in [0.29, 0.717) is 12.3 Å². The Bertz CT molecular complexity index is 773. The summed E-state index contributed by atoms with van der Waals surface area (Å²) < 4.78 is 5.39. The van der Waals surface area contributed by atoms with Gasteiger partial charge in [-0.1, -0.05) is 35.0 Å². The van der Waals surface area contributed by atoms with Crippen LogP contribution in [0.25, 0.3) is 22.4 Å². The van der Waals surface area contributed by atoms with E-state index in [-0.39, 0.29) is 0 Å². The van der Waals surface area contributed by atoms with E-state index in [4.69, 9.17) is 10.3 Å². The molecule has 0 aliphatic rings. The fraction of sp³-hybridized carbons (Fsp3) is 0.250. The van der Waals surface area contributed by atoms with Gasteiger partial charge in [0.15, 0.2) is 0 Å². The molecule has 4 heteroatoms. The summed E-state index contributed by atoms with van der Waals surface area (Å²) in [5.41, 5.74) is 12.6. The molecule has 0 unspecified atom stereocenters. The molecular formula is C16H17N3O. The molecule has 2 N–H and O–H groups in total. The fourth-order valence-corrected chi connectivity index (χ4v) is 2.55. The SMILES string of the molecule is Cc1ccc(-c2noc3nc(C)c(CN)c(C)c23)cc1. The molecule has 0 radical (unpaired) electrons. The van der Waals surface area contributed by atoms with Crippen LogP contribution in [0.2, 0.25) is 0 Å². The van der Waals surface area contributed by atoms with Gasteiger partial charge in [-0.15, -0.1) is 0 Å². The maximum Gasteiger partial charge on any atom is 0.258 e. The number of aryl methyl sites for hydroxylation is 3. The quantitative estimate of drug-likeness (QED) is 0.774. The fourth-order valence-electron chi connectivity index (χ4n) is 2.55. The molecule has 0 aliphatic heterocycles. The molecule has 4 nitrogen and oxygen atoms in total. The lowest BCUT2D eigenvalue weighted by atomic mass is 10.0. The van der Waals surface area contributed by atoms with Crippen molar-refractivity contribution in [1.29, 1.82) is 0 Å². The average molecular weight is 267 g/mol. The topological polar surface area (TPSA) is 64.9 Å². The number of nitrogens with zero attached hydrogens (tertiary/aromatic N) is 2. The van der Waals surface area contributed by atoms with Crippen molar-refractivity contribution >= 4 is 11.1 Å². The van der Waals surface area contributed by atoms with Gasteiger partial charge in [0.05, 0.1) is 5.39 Å². The first-order chi connectivity index (χ1) is 9.61. The minimum Gasteiger partial charge on any atom is -0.335 e. The molecule has 0 amide bonds. The Morgan fingerprint density at radius 3 is 2.45 bits per heavy atom. The van der Waals surface area contributed by atoms with Crippen molar-refractivity contribution in [1.82, 2.24) is 10.1 Å². The second kappa shape index (κ2) is 4.72. The van der Waals surface area contributed by atoms with Gasteiger partial charge in [-0.3, -0.25) is 0 Å². The summed E-state index contributed by atoms with van der Waals surface area (Å²) in [6.07, 6.45) is 0. The second-order valence-electron chi connectivity index (χ2n) is 5.08. The Hall–Kier alpha value is -2.20. The van der Waals surface area contributed by atoms with E-state index in [9.17, 15) is 0 Å². The van der Waals surface area contributed by atoms with Crippen molar-refractivity contribution in [3.05, 3.63) is 46.6 Å². The molecule has 0 saturated carbocycles. The number of hydrogen-bond donors (Lipinski definition) is 1. The molecular weight excluding hydrogens is 250 g/mol. The highest BCUT2D eigenvalue weighted by Crippen LogP contribution is 2.32. The first-order valence-electron chi connectivity index (χ1n) is 6.64. The van der Waals surface area contributed by atoms with Gasteiger partial charge in [-0.05, 0) is 31.9 Å². The summed E-state index contributed by atoms with van der Waals surface area (Å²) in [6, 6.07) is 8.23. The first kappa shape index (κ1) is 12.8. The van der Waals surface area contributed by atoms with Crippen LogP contribution in [0.5, 0.6) is 0 Å². The van der Waals surface area contributed by atoms with E-state index in [0.717, 1.165) is 33.5 Å². The Balaban J connectivity index is 2.30. The molecule has 2 heterocycles. The molecule has 0 saturated heterocycles. The number of nitrogens with two attached hydrogens (primary N) is 1. The van der Waals surface area contributed by atoms with Crippen molar-refractivity contribution in [2.45, 2.75) is 27.3 Å². The van der Waals surface area contributed by atoms with Gasteiger partial charge >= 0.3 is 0 Å². The van der Waals surface area contributed by atoms with E-state index in [1.54, 1.807) is 0 Å². The number of fused-ring (bicyclic) bond motifs is 1. The summed E-state index contributed by atoms with van der Waals surface area (Å²) >= 11 is 0. The van der Waals surface area contributed by atoms with Crippen LogP contribution < -0.4 is 5.73 Å². The largest absolute Gasteiger partial charge is 0.335 e. The van der Waals surface area contributed by atoms with E-state index >= 15 is 0 Å². The highest BCUT2D eigenvalue weighted by atomic mass is 16.5. The minimum absolute atomic E-state index is 0.471. The van der Waals surface area contributed by atoms with Crippen molar-refractivity contribution in [3.63, 3.8) is 0 Å². The van der Waals surface area contributed by atoms with Crippen LogP contribution in [0, 0.1) is 20.8 Å². The molecule has 0 aliphatic carbocycles. The van der Waals surface area contributed by atoms with Crippen molar-refractivity contribution < 1.29 is 4.52 Å². The molecule has 1 aromatic carbocycles. The third-order valence-electron chi connectivity index (χ3n) is 3.74. The molecule has 0 atom stereocenters. The van der Waals surface area contributed by atoms with Crippen molar-refractivity contribution in [2.24, 2.45) is 5.73 Å². The molecule has 0 bridgehead atoms. The van der Waals surface area contributed by atoms with Gasteiger partial charge < -0.3 is 10.3 Å². The molecule has 102 valence electrons. The van der Waals surface area contributed by atoms with E-state index in [1.807, 2.05) is 26.0 Å². The third-order valence-corrected chi connectivity index (χ3v) is 3.74. The van der Waals surface area contributed by atoms with Crippen molar-refractivity contribution in [2.75, 3.05) is 0 Å². The lowest BCUT2D eigenvalue weighted by Crippen LogP contribution is -2.04. The zero-order valence-electron chi connectivity index (χ0n) is 11.9. The lowest BCUT2D eigenvalue weighted by molar-refractivity contribution is 0.451. The molecule has 20 heavy (non-hydrogen) atoms. The third kappa shape index (κ3) is 1.89. The first-order valence-corrected chi connectivity index (χ1v) is 6.64. The standard InChI is InChI=1S/C16H17N3O/c1-9-4-6-12(7-5-9)15-14-10(2)13(8-17)11(3)18-16(14)20-19-15/h4-7H,8,17H2,1-3H3. The van der Waals surface area contributed by atoms with Gasteiger partial charge in [0.25, 0.3) is 5.71 Å². The maximum absolute atomic E-state index is 5.83. The van der Waals surface area contributed by atoms with E-state index < -0.39 is 0 Å². The van der Waals surface area contributed by atoms with Gasteiger partial charge in [0, 0.05) is 17.8 Å². The van der Waals surface area contributed by atoms with Crippen LogP contribution in [0.4, 0.5) is 0 Å². The Morgan fingerprint density at radius 2 is 1.80 bits per heavy atom. The van der Waals surface area contributed by atoms with Crippen LogP contribution in [0.3, 0.4) is 0 Å². The second-order valence-corrected chi connectivity index (χ2v) is 5.08. The van der Waals surface area contributed by atoms with Crippen LogP contribution in [-0.2, 0) is 6.54 Å². The summed E-state index contributed by atoms with van der Waals surface area (Å²) in [5.74, 6) is 0. The van der Waals surface area contributed by atoms with E-state index in [2.05, 4.69) is 29.2 Å². The Kier molecular flexibility index (Phi) is 3.03. The maximum atomic E-state index is 5.83. The summed E-state index contributed by atoms with van der Waals surface area (Å²) in [6.45, 7) is 6.53. The summed E-state index contributed by atoms with van der Waals surface area (Å²) in [5, 5.41) is 5.15.